The molecule has 0 unspecified atom stereocenters. The molecule has 5 rings (SSSR count). The number of benzene rings is 3. The van der Waals surface area contributed by atoms with Gasteiger partial charge in [-0.3, -0.25) is 19.4 Å². The van der Waals surface area contributed by atoms with Crippen LogP contribution in [-0.4, -0.2) is 60.9 Å². The van der Waals surface area contributed by atoms with Crippen LogP contribution in [0.3, 0.4) is 0 Å². The van der Waals surface area contributed by atoms with E-state index in [1.54, 1.807) is 24.3 Å². The summed E-state index contributed by atoms with van der Waals surface area (Å²) >= 11 is 0. The Balaban J connectivity index is 1.25. The highest BCUT2D eigenvalue weighted by atomic mass is 19.1. The first-order valence-electron chi connectivity index (χ1n) is 12.6. The summed E-state index contributed by atoms with van der Waals surface area (Å²) in [5, 5.41) is 0. The topological polar surface area (TPSA) is 53.1 Å². The van der Waals surface area contributed by atoms with Crippen LogP contribution in [0.5, 0.6) is 5.75 Å². The number of piperazine rings is 1. The largest absolute Gasteiger partial charge is 0.489 e. The second-order valence-electron chi connectivity index (χ2n) is 9.31. The Morgan fingerprint density at radius 1 is 0.919 bits per heavy atom. The van der Waals surface area contributed by atoms with Gasteiger partial charge in [0.2, 0.25) is 0 Å². The lowest BCUT2D eigenvalue weighted by Crippen LogP contribution is -2.46. The van der Waals surface area contributed by atoms with Crippen LogP contribution < -0.4 is 9.64 Å². The number of nitrogens with zero attached hydrogens (tertiary/aromatic N) is 3. The van der Waals surface area contributed by atoms with E-state index in [9.17, 15) is 14.0 Å². The number of amides is 2. The zero-order valence-electron chi connectivity index (χ0n) is 20.7. The Morgan fingerprint density at radius 2 is 1.70 bits per heavy atom. The first kappa shape index (κ1) is 24.7. The van der Waals surface area contributed by atoms with Crippen molar-refractivity contribution in [3.05, 3.63) is 107 Å². The molecule has 37 heavy (non-hydrogen) atoms. The SMILES string of the molecule is C=CCOc1ccccc1CN1CCN(c2cccc3c2C(=O)N(CCc2cccc(F)c2)C3=O)CC1. The fourth-order valence-electron chi connectivity index (χ4n) is 5.03. The third-order valence-electron chi connectivity index (χ3n) is 6.93. The highest BCUT2D eigenvalue weighted by Gasteiger charge is 2.38. The van der Waals surface area contributed by atoms with Gasteiger partial charge in [-0.15, -0.1) is 0 Å². The van der Waals surface area contributed by atoms with Crippen molar-refractivity contribution >= 4 is 17.5 Å². The third kappa shape index (κ3) is 5.27. The molecule has 0 bridgehead atoms. The van der Waals surface area contributed by atoms with Gasteiger partial charge in [-0.1, -0.05) is 49.1 Å². The summed E-state index contributed by atoms with van der Waals surface area (Å²) in [5.74, 6) is -0.0158. The summed E-state index contributed by atoms with van der Waals surface area (Å²) < 4.78 is 19.4. The van der Waals surface area contributed by atoms with Crippen LogP contribution in [0.4, 0.5) is 10.1 Å². The molecule has 1 fully saturated rings. The van der Waals surface area contributed by atoms with E-state index in [1.807, 2.05) is 30.3 Å². The van der Waals surface area contributed by atoms with E-state index in [0.29, 0.717) is 24.2 Å². The number of imide groups is 1. The number of fused-ring (bicyclic) bond motifs is 1. The van der Waals surface area contributed by atoms with Crippen LogP contribution in [0.15, 0.2) is 79.4 Å². The number of para-hydroxylation sites is 1. The molecule has 3 aromatic carbocycles. The molecule has 0 aromatic heterocycles. The van der Waals surface area contributed by atoms with Crippen molar-refractivity contribution < 1.29 is 18.7 Å². The first-order valence-corrected chi connectivity index (χ1v) is 12.6. The molecule has 7 heteroatoms. The van der Waals surface area contributed by atoms with E-state index < -0.39 is 0 Å². The normalized spacial score (nSPS) is 15.7. The molecule has 2 heterocycles. The van der Waals surface area contributed by atoms with Crippen molar-refractivity contribution in [1.29, 1.82) is 0 Å². The number of rotatable bonds is 9. The maximum atomic E-state index is 13.5. The number of hydrogen-bond donors (Lipinski definition) is 0. The van der Waals surface area contributed by atoms with Crippen LogP contribution in [-0.2, 0) is 13.0 Å². The van der Waals surface area contributed by atoms with Gasteiger partial charge in [0.1, 0.15) is 18.2 Å². The monoisotopic (exact) mass is 499 g/mol. The number of ether oxygens (including phenoxy) is 1. The summed E-state index contributed by atoms with van der Waals surface area (Å²) in [6.07, 6.45) is 2.15. The molecular weight excluding hydrogens is 469 g/mol. The zero-order valence-corrected chi connectivity index (χ0v) is 20.7. The molecule has 0 aliphatic carbocycles. The van der Waals surface area contributed by atoms with E-state index in [0.717, 1.165) is 55.3 Å². The van der Waals surface area contributed by atoms with Crippen molar-refractivity contribution in [2.24, 2.45) is 0 Å². The molecule has 0 atom stereocenters. The predicted octanol–water partition coefficient (Wildman–Crippen LogP) is 4.55. The minimum atomic E-state index is -0.325. The molecule has 0 radical (unpaired) electrons. The maximum absolute atomic E-state index is 13.5. The lowest BCUT2D eigenvalue weighted by Gasteiger charge is -2.37. The average Bonchev–Trinajstić information content (AvgIpc) is 3.16. The van der Waals surface area contributed by atoms with Crippen LogP contribution in [0.2, 0.25) is 0 Å². The zero-order chi connectivity index (χ0) is 25.8. The fourth-order valence-corrected chi connectivity index (χ4v) is 5.03. The molecule has 0 saturated carbocycles. The van der Waals surface area contributed by atoms with Crippen molar-refractivity contribution in [3.63, 3.8) is 0 Å². The summed E-state index contributed by atoms with van der Waals surface area (Å²) in [6.45, 7) is 8.33. The van der Waals surface area contributed by atoms with Crippen molar-refractivity contribution in [3.8, 4) is 5.75 Å². The van der Waals surface area contributed by atoms with E-state index in [-0.39, 0.29) is 24.2 Å². The smallest absolute Gasteiger partial charge is 0.263 e. The number of carbonyl (C=O) groups excluding carboxylic acids is 2. The summed E-state index contributed by atoms with van der Waals surface area (Å²) in [7, 11) is 0. The highest BCUT2D eigenvalue weighted by Crippen LogP contribution is 2.33. The van der Waals surface area contributed by atoms with Gasteiger partial charge in [-0.25, -0.2) is 4.39 Å². The Kier molecular flexibility index (Phi) is 7.32. The van der Waals surface area contributed by atoms with Gasteiger partial charge < -0.3 is 9.64 Å². The standard InChI is InChI=1S/C30H30FN3O3/c1-2-19-37-27-12-4-3-8-23(27)21-32-15-17-33(18-16-32)26-11-6-10-25-28(26)30(36)34(29(25)35)14-13-22-7-5-9-24(31)20-22/h2-12,20H,1,13-19,21H2. The molecule has 6 nitrogen and oxygen atoms in total. The molecule has 0 N–H and O–H groups in total. The molecule has 2 amide bonds. The Labute approximate surface area is 216 Å². The van der Waals surface area contributed by atoms with Crippen LogP contribution >= 0.6 is 0 Å². The molecular formula is C30H30FN3O3. The van der Waals surface area contributed by atoms with Crippen LogP contribution in [0.25, 0.3) is 0 Å². The highest BCUT2D eigenvalue weighted by molar-refractivity contribution is 6.23. The first-order chi connectivity index (χ1) is 18.0. The number of halogens is 1. The van der Waals surface area contributed by atoms with Crippen molar-refractivity contribution in [1.82, 2.24) is 9.80 Å². The Bertz CT molecular complexity index is 1320. The molecule has 2 aliphatic heterocycles. The number of carbonyl (C=O) groups is 2. The second kappa shape index (κ2) is 11.0. The van der Waals surface area contributed by atoms with Crippen LogP contribution in [0, 0.1) is 5.82 Å². The predicted molar refractivity (Wildman–Crippen MR) is 142 cm³/mol. The van der Waals surface area contributed by atoms with Gasteiger partial charge in [0, 0.05) is 44.8 Å². The number of anilines is 1. The van der Waals surface area contributed by atoms with Crippen LogP contribution in [0.1, 0.15) is 31.8 Å². The van der Waals surface area contributed by atoms with E-state index >= 15 is 0 Å². The van der Waals surface area contributed by atoms with Gasteiger partial charge in [0.25, 0.3) is 11.8 Å². The van der Waals surface area contributed by atoms with Gasteiger partial charge >= 0.3 is 0 Å². The summed E-state index contributed by atoms with van der Waals surface area (Å²) in [5.41, 5.74) is 3.61. The van der Waals surface area contributed by atoms with E-state index in [2.05, 4.69) is 22.4 Å². The third-order valence-corrected chi connectivity index (χ3v) is 6.93. The Hall–Kier alpha value is -3.97. The molecule has 2 aliphatic rings. The fraction of sp³-hybridized carbons (Fsp3) is 0.267. The Morgan fingerprint density at radius 3 is 2.49 bits per heavy atom. The minimum Gasteiger partial charge on any atom is -0.489 e. The summed E-state index contributed by atoms with van der Waals surface area (Å²) in [6, 6.07) is 19.8. The van der Waals surface area contributed by atoms with Gasteiger partial charge in [-0.2, -0.15) is 0 Å². The van der Waals surface area contributed by atoms with Gasteiger partial charge in [0.15, 0.2) is 0 Å². The lowest BCUT2D eigenvalue weighted by atomic mass is 10.1. The number of hydrogen-bond acceptors (Lipinski definition) is 5. The molecule has 1 saturated heterocycles. The summed E-state index contributed by atoms with van der Waals surface area (Å²) in [4.78, 5) is 32.3. The van der Waals surface area contributed by atoms with Gasteiger partial charge in [-0.05, 0) is 42.3 Å². The molecule has 3 aromatic rings. The second-order valence-corrected chi connectivity index (χ2v) is 9.31. The maximum Gasteiger partial charge on any atom is 0.263 e. The quantitative estimate of drug-likeness (QED) is 0.319. The minimum absolute atomic E-state index is 0.219. The average molecular weight is 500 g/mol. The van der Waals surface area contributed by atoms with Gasteiger partial charge in [0.05, 0.1) is 16.8 Å². The van der Waals surface area contributed by atoms with Crippen molar-refractivity contribution in [2.75, 3.05) is 44.2 Å². The van der Waals surface area contributed by atoms with E-state index in [1.165, 1.54) is 17.0 Å². The molecule has 190 valence electrons. The van der Waals surface area contributed by atoms with E-state index in [4.69, 9.17) is 4.74 Å². The van der Waals surface area contributed by atoms with Crippen molar-refractivity contribution in [2.45, 2.75) is 13.0 Å². The lowest BCUT2D eigenvalue weighted by molar-refractivity contribution is 0.0656. The molecule has 0 spiro atoms.